The van der Waals surface area contributed by atoms with E-state index in [4.69, 9.17) is 17.2 Å². The highest BCUT2D eigenvalue weighted by Gasteiger charge is 1.87. The second-order valence-corrected chi connectivity index (χ2v) is 3.95. The Hall–Kier alpha value is -1.72. The van der Waals surface area contributed by atoms with Gasteiger partial charge in [-0.15, -0.1) is 0 Å². The van der Waals surface area contributed by atoms with Crippen LogP contribution in [-0.2, 0) is 12.8 Å². The van der Waals surface area contributed by atoms with Gasteiger partial charge in [0.15, 0.2) is 0 Å². The lowest BCUT2D eigenvalue weighted by molar-refractivity contribution is 0.728. The van der Waals surface area contributed by atoms with Gasteiger partial charge in [-0.05, 0) is 23.9 Å². The van der Waals surface area contributed by atoms with Crippen molar-refractivity contribution in [3.63, 3.8) is 0 Å². The zero-order chi connectivity index (χ0) is 18.1. The summed E-state index contributed by atoms with van der Waals surface area (Å²) in [5, 5.41) is 0. The Balaban J connectivity index is 0.000000254. The van der Waals surface area contributed by atoms with Gasteiger partial charge >= 0.3 is 0 Å². The van der Waals surface area contributed by atoms with Crippen molar-refractivity contribution in [2.75, 3.05) is 13.0 Å². The van der Waals surface area contributed by atoms with Crippen molar-refractivity contribution < 1.29 is 5.48 Å². The maximum atomic E-state index is 7.62. The molecule has 0 saturated heterocycles. The van der Waals surface area contributed by atoms with Crippen molar-refractivity contribution in [2.24, 2.45) is 11.7 Å². The molecule has 2 aromatic rings. The Morgan fingerprint density at radius 1 is 0.800 bits per heavy atom. The van der Waals surface area contributed by atoms with Gasteiger partial charge in [0.25, 0.3) is 0 Å². The molecule has 0 aliphatic carbocycles. The van der Waals surface area contributed by atoms with Crippen LogP contribution in [0.5, 0.6) is 0 Å². The fourth-order valence-electron chi connectivity index (χ4n) is 1.49. The van der Waals surface area contributed by atoms with Crippen LogP contribution in [0.15, 0.2) is 60.7 Å². The van der Waals surface area contributed by atoms with E-state index in [1.165, 1.54) is 17.7 Å². The molecule has 108 valence electrons. The summed E-state index contributed by atoms with van der Waals surface area (Å²) in [6.45, 7) is -1.46. The number of benzene rings is 2. The van der Waals surface area contributed by atoms with Gasteiger partial charge in [-0.2, -0.15) is 0 Å². The number of aryl methyl sites for hydroxylation is 1. The number of nitrogens with two attached hydrogens (primary N) is 2. The van der Waals surface area contributed by atoms with Crippen molar-refractivity contribution in [3.05, 3.63) is 71.8 Å². The Labute approximate surface area is 126 Å². The van der Waals surface area contributed by atoms with Gasteiger partial charge < -0.3 is 0 Å². The molecule has 0 bridgehead atoms. The number of rotatable bonds is 6. The molecule has 0 atom stereocenters. The lowest BCUT2D eigenvalue weighted by Gasteiger charge is -1.97. The van der Waals surface area contributed by atoms with Crippen LogP contribution in [0.25, 0.3) is 0 Å². The van der Waals surface area contributed by atoms with Gasteiger partial charge in [-0.1, -0.05) is 60.7 Å². The summed E-state index contributed by atoms with van der Waals surface area (Å²) >= 11 is 0. The van der Waals surface area contributed by atoms with Gasteiger partial charge in [0, 0.05) is 18.5 Å². The molecule has 0 unspecified atom stereocenters. The zero-order valence-electron chi connectivity index (χ0n) is 15.3. The summed E-state index contributed by atoms with van der Waals surface area (Å²) < 4.78 is 30.0. The third-order valence-corrected chi connectivity index (χ3v) is 2.45. The molecule has 0 radical (unpaired) electrons. The second kappa shape index (κ2) is 11.1. The fraction of sp³-hybridized carbons (Fsp3) is 0.250. The molecule has 0 saturated carbocycles. The molecule has 2 rings (SSSR count). The molecule has 0 fully saturated rings. The van der Waals surface area contributed by atoms with Crippen LogP contribution >= 0.6 is 0 Å². The third-order valence-electron chi connectivity index (χ3n) is 2.45. The lowest BCUT2D eigenvalue weighted by Crippen LogP contribution is -2.24. The van der Waals surface area contributed by atoms with Gasteiger partial charge in [0.2, 0.25) is 0 Å². The second-order valence-electron chi connectivity index (χ2n) is 3.95. The van der Waals surface area contributed by atoms with Crippen molar-refractivity contribution in [2.45, 2.75) is 12.8 Å². The summed E-state index contributed by atoms with van der Waals surface area (Å²) in [6, 6.07) is 18.4. The molecule has 2 aromatic carbocycles. The summed E-state index contributed by atoms with van der Waals surface area (Å²) in [5.41, 5.74) is 6.03. The molecule has 4 heteroatoms. The zero-order valence-corrected chi connectivity index (χ0v) is 11.3. The van der Waals surface area contributed by atoms with Crippen LogP contribution in [0, 0.1) is 0 Å². The molecule has 0 aliphatic heterocycles. The summed E-state index contributed by atoms with van der Waals surface area (Å²) in [5.74, 6) is 10.1. The average molecular weight is 276 g/mol. The molecule has 0 aromatic heterocycles. The molecular formula is C16H24N4. The minimum absolute atomic E-state index is 0.253. The summed E-state index contributed by atoms with van der Waals surface area (Å²) in [6.07, 6.45) is -1.17. The largest absolute Gasteiger partial charge is 0.271 e. The van der Waals surface area contributed by atoms with Crippen LogP contribution in [-0.4, -0.2) is 13.0 Å². The van der Waals surface area contributed by atoms with Crippen LogP contribution < -0.4 is 22.5 Å². The smallest absolute Gasteiger partial charge is 0.0446 e. The lowest BCUT2D eigenvalue weighted by atomic mass is 10.2. The van der Waals surface area contributed by atoms with Gasteiger partial charge in [-0.25, -0.2) is 0 Å². The normalized spacial score (nSPS) is 14.1. The maximum Gasteiger partial charge on any atom is 0.0446 e. The highest BCUT2D eigenvalue weighted by molar-refractivity contribution is 5.15. The number of hydrazine groups is 2. The molecule has 0 spiro atoms. The van der Waals surface area contributed by atoms with E-state index in [1.807, 2.05) is 23.6 Å². The first-order valence-electron chi connectivity index (χ1n) is 8.36. The molecule has 0 heterocycles. The summed E-state index contributed by atoms with van der Waals surface area (Å²) in [4.78, 5) is 0. The Kier molecular flexibility index (Phi) is 6.12. The fourth-order valence-corrected chi connectivity index (χ4v) is 1.49. The Morgan fingerprint density at radius 3 is 1.85 bits per heavy atom. The third kappa shape index (κ3) is 7.66. The highest BCUT2D eigenvalue weighted by Crippen LogP contribution is 1.98. The maximum absolute atomic E-state index is 7.62. The van der Waals surface area contributed by atoms with Crippen molar-refractivity contribution in [3.8, 4) is 0 Å². The highest BCUT2D eigenvalue weighted by atomic mass is 15.2. The molecule has 0 aliphatic rings. The number of hydrogen-bond acceptors (Lipinski definition) is 4. The first-order chi connectivity index (χ1) is 11.3. The predicted octanol–water partition coefficient (Wildman–Crippen LogP) is 1.38. The predicted molar refractivity (Wildman–Crippen MR) is 84.7 cm³/mol. The average Bonchev–Trinajstić information content (AvgIpc) is 2.62. The standard InChI is InChI=1S/2C8H12N2/c2*9-10-7-6-8-4-2-1-3-5-8/h2*1-5,10H,6-7,9H2/i6D2,7D2;. The van der Waals surface area contributed by atoms with Crippen LogP contribution in [0.4, 0.5) is 0 Å². The van der Waals surface area contributed by atoms with Gasteiger partial charge in [-0.3, -0.25) is 22.5 Å². The van der Waals surface area contributed by atoms with Crippen LogP contribution in [0.2, 0.25) is 0 Å². The molecule has 0 amide bonds. The molecule has 6 N–H and O–H groups in total. The molecule has 20 heavy (non-hydrogen) atoms. The van der Waals surface area contributed by atoms with Crippen molar-refractivity contribution in [1.82, 2.24) is 10.9 Å². The van der Waals surface area contributed by atoms with Crippen molar-refractivity contribution in [1.29, 1.82) is 0 Å². The van der Waals surface area contributed by atoms with E-state index in [0.29, 0.717) is 0 Å². The first kappa shape index (κ1) is 11.0. The van der Waals surface area contributed by atoms with E-state index >= 15 is 0 Å². The van der Waals surface area contributed by atoms with Gasteiger partial charge in [0.1, 0.15) is 0 Å². The minimum Gasteiger partial charge on any atom is -0.271 e. The minimum atomic E-state index is -2.30. The Bertz CT molecular complexity index is 579. The van der Waals surface area contributed by atoms with Crippen LogP contribution in [0.3, 0.4) is 0 Å². The van der Waals surface area contributed by atoms with Gasteiger partial charge in [0.05, 0.1) is 0 Å². The molecular weight excluding hydrogens is 248 g/mol. The first-order valence-corrected chi connectivity index (χ1v) is 6.36. The van der Waals surface area contributed by atoms with E-state index in [0.717, 1.165) is 13.0 Å². The molecule has 4 nitrogen and oxygen atoms in total. The quantitative estimate of drug-likeness (QED) is 0.475. The van der Waals surface area contributed by atoms with E-state index in [9.17, 15) is 0 Å². The van der Waals surface area contributed by atoms with Crippen LogP contribution in [0.1, 0.15) is 16.6 Å². The van der Waals surface area contributed by atoms with Crippen molar-refractivity contribution >= 4 is 0 Å². The number of hydrogen-bond donors (Lipinski definition) is 4. The van der Waals surface area contributed by atoms with E-state index < -0.39 is 12.9 Å². The van der Waals surface area contributed by atoms with E-state index in [1.54, 1.807) is 18.2 Å². The van der Waals surface area contributed by atoms with E-state index in [-0.39, 0.29) is 5.56 Å². The Morgan fingerprint density at radius 2 is 1.35 bits per heavy atom. The SMILES string of the molecule is NNCCc1ccccc1.[2H]C([2H])(NN)C([2H])([2H])c1ccccc1. The van der Waals surface area contributed by atoms with E-state index in [2.05, 4.69) is 17.6 Å². The monoisotopic (exact) mass is 276 g/mol. The summed E-state index contributed by atoms with van der Waals surface area (Å²) in [7, 11) is 0. The number of nitrogens with one attached hydrogen (secondary N) is 2. The topological polar surface area (TPSA) is 76.1 Å².